The Labute approximate surface area is 133 Å². The van der Waals surface area contributed by atoms with Crippen molar-refractivity contribution in [2.45, 2.75) is 45.6 Å². The van der Waals surface area contributed by atoms with E-state index in [1.807, 2.05) is 28.4 Å². The Balaban J connectivity index is 1.76. The first kappa shape index (κ1) is 13.7. The molecule has 0 spiro atoms. The van der Waals surface area contributed by atoms with E-state index in [0.29, 0.717) is 6.04 Å². The Bertz CT molecular complexity index is 817. The predicted octanol–water partition coefficient (Wildman–Crippen LogP) is 4.09. The number of rotatable bonds is 3. The van der Waals surface area contributed by atoms with Crippen molar-refractivity contribution in [1.82, 2.24) is 19.7 Å². The number of nitrogens with zero attached hydrogens (tertiary/aromatic N) is 4. The number of fused-ring (bicyclic) bond motifs is 3. The van der Waals surface area contributed by atoms with E-state index in [1.54, 1.807) is 6.33 Å². The molecule has 0 saturated carbocycles. The maximum atomic E-state index is 4.48. The summed E-state index contributed by atoms with van der Waals surface area (Å²) >= 11 is 1.82. The van der Waals surface area contributed by atoms with Crippen LogP contribution in [0.1, 0.15) is 43.2 Å². The smallest absolute Gasteiger partial charge is 0.142 e. The third-order valence-corrected chi connectivity index (χ3v) is 5.34. The zero-order valence-corrected chi connectivity index (χ0v) is 13.7. The molecule has 0 atom stereocenters. The van der Waals surface area contributed by atoms with Gasteiger partial charge in [-0.05, 0) is 45.1 Å². The van der Waals surface area contributed by atoms with Gasteiger partial charge in [0.1, 0.15) is 17.0 Å². The van der Waals surface area contributed by atoms with Crippen molar-refractivity contribution in [2.75, 3.05) is 5.32 Å². The minimum absolute atomic E-state index is 0.356. The fraction of sp³-hybridized carbons (Fsp3) is 0.438. The second-order valence-electron chi connectivity index (χ2n) is 6.04. The summed E-state index contributed by atoms with van der Waals surface area (Å²) in [5, 5.41) is 9.02. The average molecular weight is 313 g/mol. The Kier molecular flexibility index (Phi) is 3.33. The molecule has 114 valence electrons. The van der Waals surface area contributed by atoms with Crippen molar-refractivity contribution >= 4 is 33.1 Å². The molecule has 1 N–H and O–H groups in total. The summed E-state index contributed by atoms with van der Waals surface area (Å²) in [6, 6.07) is 0.356. The van der Waals surface area contributed by atoms with E-state index in [2.05, 4.69) is 34.2 Å². The minimum Gasteiger partial charge on any atom is -0.337 e. The van der Waals surface area contributed by atoms with E-state index in [1.165, 1.54) is 35.1 Å². The molecular formula is C16H19N5S. The van der Waals surface area contributed by atoms with Crippen LogP contribution in [0.4, 0.5) is 11.5 Å². The zero-order valence-electron chi connectivity index (χ0n) is 12.8. The number of thiophene rings is 1. The molecule has 22 heavy (non-hydrogen) atoms. The van der Waals surface area contributed by atoms with Crippen LogP contribution in [0.5, 0.6) is 0 Å². The lowest BCUT2D eigenvalue weighted by Crippen LogP contribution is -2.01. The van der Waals surface area contributed by atoms with E-state index in [9.17, 15) is 0 Å². The summed E-state index contributed by atoms with van der Waals surface area (Å²) in [4.78, 5) is 11.5. The van der Waals surface area contributed by atoms with Crippen molar-refractivity contribution in [1.29, 1.82) is 0 Å². The van der Waals surface area contributed by atoms with Crippen molar-refractivity contribution < 1.29 is 0 Å². The van der Waals surface area contributed by atoms with Gasteiger partial charge in [0.25, 0.3) is 0 Å². The maximum absolute atomic E-state index is 4.48. The molecule has 6 heteroatoms. The molecule has 0 aliphatic heterocycles. The van der Waals surface area contributed by atoms with Gasteiger partial charge in [-0.2, -0.15) is 5.10 Å². The van der Waals surface area contributed by atoms with Gasteiger partial charge < -0.3 is 5.32 Å². The highest BCUT2D eigenvalue weighted by Crippen LogP contribution is 2.38. The van der Waals surface area contributed by atoms with Gasteiger partial charge in [0.15, 0.2) is 0 Å². The molecule has 5 nitrogen and oxygen atoms in total. The molecule has 0 amide bonds. The molecule has 0 bridgehead atoms. The average Bonchev–Trinajstić information content (AvgIpc) is 3.11. The summed E-state index contributed by atoms with van der Waals surface area (Å²) in [6.45, 7) is 4.24. The van der Waals surface area contributed by atoms with Crippen molar-refractivity contribution in [2.24, 2.45) is 0 Å². The molecular weight excluding hydrogens is 294 g/mol. The topological polar surface area (TPSA) is 55.6 Å². The Morgan fingerprint density at radius 3 is 2.91 bits per heavy atom. The minimum atomic E-state index is 0.356. The zero-order chi connectivity index (χ0) is 15.1. The van der Waals surface area contributed by atoms with Gasteiger partial charge in [-0.25, -0.2) is 9.97 Å². The fourth-order valence-electron chi connectivity index (χ4n) is 3.01. The molecule has 3 aromatic heterocycles. The summed E-state index contributed by atoms with van der Waals surface area (Å²) in [5.41, 5.74) is 2.43. The van der Waals surface area contributed by atoms with Crippen LogP contribution in [0.15, 0.2) is 18.7 Å². The molecule has 0 unspecified atom stereocenters. The molecule has 1 aliphatic carbocycles. The molecule has 1 aliphatic rings. The summed E-state index contributed by atoms with van der Waals surface area (Å²) in [7, 11) is 0. The third kappa shape index (κ3) is 2.27. The molecule has 0 saturated heterocycles. The Morgan fingerprint density at radius 2 is 2.09 bits per heavy atom. The number of aromatic nitrogens is 4. The third-order valence-electron chi connectivity index (χ3n) is 4.14. The second-order valence-corrected chi connectivity index (χ2v) is 7.12. The molecule has 0 radical (unpaired) electrons. The van der Waals surface area contributed by atoms with Crippen LogP contribution < -0.4 is 5.32 Å². The van der Waals surface area contributed by atoms with Crippen molar-refractivity contribution in [3.05, 3.63) is 29.2 Å². The maximum Gasteiger partial charge on any atom is 0.142 e. The van der Waals surface area contributed by atoms with Gasteiger partial charge >= 0.3 is 0 Å². The van der Waals surface area contributed by atoms with E-state index in [-0.39, 0.29) is 0 Å². The quantitative estimate of drug-likeness (QED) is 0.791. The van der Waals surface area contributed by atoms with E-state index >= 15 is 0 Å². The number of aryl methyl sites for hydroxylation is 2. The van der Waals surface area contributed by atoms with Gasteiger partial charge in [0.2, 0.25) is 0 Å². The van der Waals surface area contributed by atoms with E-state index in [4.69, 9.17) is 0 Å². The number of hydrogen-bond donors (Lipinski definition) is 1. The predicted molar refractivity (Wildman–Crippen MR) is 90.0 cm³/mol. The van der Waals surface area contributed by atoms with Gasteiger partial charge in [-0.15, -0.1) is 11.3 Å². The van der Waals surface area contributed by atoms with Crippen LogP contribution in [0.2, 0.25) is 0 Å². The van der Waals surface area contributed by atoms with Crippen molar-refractivity contribution in [3.8, 4) is 0 Å². The van der Waals surface area contributed by atoms with Crippen molar-refractivity contribution in [3.63, 3.8) is 0 Å². The van der Waals surface area contributed by atoms with Crippen LogP contribution in [-0.2, 0) is 12.8 Å². The fourth-order valence-corrected chi connectivity index (χ4v) is 4.24. The van der Waals surface area contributed by atoms with Gasteiger partial charge in [-0.3, -0.25) is 4.68 Å². The lowest BCUT2D eigenvalue weighted by Gasteiger charge is -2.11. The highest BCUT2D eigenvalue weighted by Gasteiger charge is 2.20. The molecule has 3 aromatic rings. The summed E-state index contributed by atoms with van der Waals surface area (Å²) < 4.78 is 1.95. The first-order chi connectivity index (χ1) is 10.7. The monoisotopic (exact) mass is 313 g/mol. The van der Waals surface area contributed by atoms with Gasteiger partial charge in [0.05, 0.1) is 17.3 Å². The first-order valence-electron chi connectivity index (χ1n) is 7.79. The summed E-state index contributed by atoms with van der Waals surface area (Å²) in [6.07, 6.45) is 10.4. The lowest BCUT2D eigenvalue weighted by molar-refractivity contribution is 0.532. The Morgan fingerprint density at radius 1 is 1.23 bits per heavy atom. The molecule has 4 rings (SSSR count). The SMILES string of the molecule is CC(C)n1cc(Nc2ncnc3sc4c(c23)CCCC4)cn1. The van der Waals surface area contributed by atoms with Gasteiger partial charge in [-0.1, -0.05) is 0 Å². The molecule has 0 aromatic carbocycles. The number of hydrogen-bond acceptors (Lipinski definition) is 5. The molecule has 0 fully saturated rings. The highest BCUT2D eigenvalue weighted by molar-refractivity contribution is 7.19. The van der Waals surface area contributed by atoms with Crippen LogP contribution in [-0.4, -0.2) is 19.7 Å². The second kappa shape index (κ2) is 5.35. The molecule has 3 heterocycles. The normalized spacial score (nSPS) is 14.5. The highest BCUT2D eigenvalue weighted by atomic mass is 32.1. The van der Waals surface area contributed by atoms with Gasteiger partial charge in [0, 0.05) is 17.1 Å². The largest absolute Gasteiger partial charge is 0.337 e. The standard InChI is InChI=1S/C16H19N5S/c1-10(2)21-8-11(7-19-21)20-15-14-12-5-3-4-6-13(12)22-16(14)18-9-17-15/h7-10H,3-6H2,1-2H3,(H,17,18,20). The van der Waals surface area contributed by atoms with Crippen LogP contribution in [0.25, 0.3) is 10.2 Å². The number of nitrogens with one attached hydrogen (secondary N) is 1. The first-order valence-corrected chi connectivity index (χ1v) is 8.60. The van der Waals surface area contributed by atoms with Crippen LogP contribution in [0.3, 0.4) is 0 Å². The van der Waals surface area contributed by atoms with Crippen LogP contribution >= 0.6 is 11.3 Å². The van der Waals surface area contributed by atoms with E-state index in [0.717, 1.165) is 22.8 Å². The van der Waals surface area contributed by atoms with E-state index < -0.39 is 0 Å². The Hall–Kier alpha value is -1.95. The number of anilines is 2. The summed E-state index contributed by atoms with van der Waals surface area (Å²) in [5.74, 6) is 0.910. The lowest BCUT2D eigenvalue weighted by atomic mass is 9.97. The van der Waals surface area contributed by atoms with Crippen LogP contribution in [0, 0.1) is 0 Å².